The highest BCUT2D eigenvalue weighted by Gasteiger charge is 2.17. The number of carboxylic acids is 1. The van der Waals surface area contributed by atoms with Gasteiger partial charge in [0.2, 0.25) is 0 Å². The molecule has 0 spiro atoms. The van der Waals surface area contributed by atoms with Crippen molar-refractivity contribution in [3.8, 4) is 11.4 Å². The number of hydrogen-bond donors (Lipinski definition) is 1. The first-order valence-corrected chi connectivity index (χ1v) is 5.67. The van der Waals surface area contributed by atoms with E-state index in [-0.39, 0.29) is 17.0 Å². The van der Waals surface area contributed by atoms with Gasteiger partial charge in [-0.1, -0.05) is 23.8 Å². The van der Waals surface area contributed by atoms with Gasteiger partial charge in [0, 0.05) is 11.8 Å². The van der Waals surface area contributed by atoms with Crippen LogP contribution in [0.4, 0.5) is 0 Å². The van der Waals surface area contributed by atoms with E-state index in [0.717, 1.165) is 11.1 Å². The van der Waals surface area contributed by atoms with Crippen LogP contribution in [0.5, 0.6) is 0 Å². The Labute approximate surface area is 110 Å². The van der Waals surface area contributed by atoms with Crippen LogP contribution in [0.1, 0.15) is 33.3 Å². The topological polar surface area (TPSA) is 80.2 Å². The molecule has 1 N–H and O–H groups in total. The van der Waals surface area contributed by atoms with Crippen LogP contribution in [0.25, 0.3) is 11.4 Å². The molecule has 1 heterocycles. The minimum absolute atomic E-state index is 0.0175. The summed E-state index contributed by atoms with van der Waals surface area (Å²) in [5.74, 6) is -1.30. The monoisotopic (exact) mass is 256 g/mol. The van der Waals surface area contributed by atoms with Crippen molar-refractivity contribution in [1.82, 2.24) is 9.97 Å². The third kappa shape index (κ3) is 2.65. The lowest BCUT2D eigenvalue weighted by Gasteiger charge is -2.05. The molecule has 1 aromatic heterocycles. The molecule has 0 bridgehead atoms. The smallest absolute Gasteiger partial charge is 0.355 e. The van der Waals surface area contributed by atoms with Crippen molar-refractivity contribution in [2.75, 3.05) is 0 Å². The summed E-state index contributed by atoms with van der Waals surface area (Å²) in [5, 5.41) is 9.10. The Bertz CT molecular complexity index is 665. The van der Waals surface area contributed by atoms with E-state index in [1.165, 1.54) is 13.1 Å². The number of nitrogens with zero attached hydrogens (tertiary/aromatic N) is 2. The lowest BCUT2D eigenvalue weighted by molar-refractivity contribution is 0.0685. The van der Waals surface area contributed by atoms with Crippen molar-refractivity contribution in [3.63, 3.8) is 0 Å². The molecule has 96 valence electrons. The highest BCUT2D eigenvalue weighted by Crippen LogP contribution is 2.18. The minimum atomic E-state index is -1.23. The lowest BCUT2D eigenvalue weighted by Crippen LogP contribution is -2.11. The van der Waals surface area contributed by atoms with E-state index < -0.39 is 5.97 Å². The maximum absolute atomic E-state index is 11.3. The van der Waals surface area contributed by atoms with Crippen LogP contribution < -0.4 is 0 Å². The van der Waals surface area contributed by atoms with Gasteiger partial charge in [-0.3, -0.25) is 4.79 Å². The third-order valence-corrected chi connectivity index (χ3v) is 2.65. The SMILES string of the molecule is CC(=O)c1cnc(-c2cccc(C)c2)nc1C(=O)O. The van der Waals surface area contributed by atoms with Crippen LogP contribution in [-0.2, 0) is 0 Å². The molecule has 0 unspecified atom stereocenters. The molecule has 2 aromatic rings. The number of Topliss-reactive ketones (excluding diaryl/α,β-unsaturated/α-hetero) is 1. The Balaban J connectivity index is 2.58. The number of hydrogen-bond acceptors (Lipinski definition) is 4. The van der Waals surface area contributed by atoms with E-state index in [1.54, 1.807) is 6.07 Å². The summed E-state index contributed by atoms with van der Waals surface area (Å²) in [5.41, 5.74) is 1.49. The van der Waals surface area contributed by atoms with Gasteiger partial charge in [-0.05, 0) is 19.9 Å². The number of rotatable bonds is 3. The van der Waals surface area contributed by atoms with Crippen molar-refractivity contribution < 1.29 is 14.7 Å². The summed E-state index contributed by atoms with van der Waals surface area (Å²) in [6, 6.07) is 7.41. The van der Waals surface area contributed by atoms with Crippen LogP contribution in [0.2, 0.25) is 0 Å². The van der Waals surface area contributed by atoms with Gasteiger partial charge in [-0.15, -0.1) is 0 Å². The summed E-state index contributed by atoms with van der Waals surface area (Å²) in [4.78, 5) is 30.5. The van der Waals surface area contributed by atoms with Gasteiger partial charge >= 0.3 is 5.97 Å². The second-order valence-corrected chi connectivity index (χ2v) is 4.19. The molecule has 0 aliphatic rings. The quantitative estimate of drug-likeness (QED) is 0.852. The van der Waals surface area contributed by atoms with Gasteiger partial charge in [-0.25, -0.2) is 14.8 Å². The Morgan fingerprint density at radius 1 is 1.26 bits per heavy atom. The Morgan fingerprint density at radius 3 is 2.58 bits per heavy atom. The summed E-state index contributed by atoms with van der Waals surface area (Å²) in [6.45, 7) is 3.21. The predicted molar refractivity (Wildman–Crippen MR) is 69.2 cm³/mol. The van der Waals surface area contributed by atoms with E-state index >= 15 is 0 Å². The molecule has 0 radical (unpaired) electrons. The normalized spacial score (nSPS) is 10.2. The van der Waals surface area contributed by atoms with Crippen molar-refractivity contribution in [2.45, 2.75) is 13.8 Å². The highest BCUT2D eigenvalue weighted by molar-refractivity contribution is 6.03. The van der Waals surface area contributed by atoms with E-state index in [9.17, 15) is 9.59 Å². The highest BCUT2D eigenvalue weighted by atomic mass is 16.4. The fraction of sp³-hybridized carbons (Fsp3) is 0.143. The molecule has 2 rings (SSSR count). The summed E-state index contributed by atoms with van der Waals surface area (Å²) >= 11 is 0. The Hall–Kier alpha value is -2.56. The fourth-order valence-corrected chi connectivity index (χ4v) is 1.73. The van der Waals surface area contributed by atoms with Gasteiger partial charge in [0.05, 0.1) is 5.56 Å². The molecule has 0 aliphatic heterocycles. The van der Waals surface area contributed by atoms with Crippen molar-refractivity contribution >= 4 is 11.8 Å². The second kappa shape index (κ2) is 4.97. The Kier molecular flexibility index (Phi) is 3.37. The second-order valence-electron chi connectivity index (χ2n) is 4.19. The van der Waals surface area contributed by atoms with E-state index in [0.29, 0.717) is 5.82 Å². The number of aryl methyl sites for hydroxylation is 1. The van der Waals surface area contributed by atoms with Crippen LogP contribution in [-0.4, -0.2) is 26.8 Å². The zero-order valence-electron chi connectivity index (χ0n) is 10.5. The number of carbonyl (C=O) groups is 2. The molecule has 0 saturated heterocycles. The summed E-state index contributed by atoms with van der Waals surface area (Å²) in [6.07, 6.45) is 1.26. The molecule has 5 heteroatoms. The van der Waals surface area contributed by atoms with Gasteiger partial charge in [0.25, 0.3) is 0 Å². The van der Waals surface area contributed by atoms with Crippen molar-refractivity contribution in [3.05, 3.63) is 47.3 Å². The number of aromatic nitrogens is 2. The number of ketones is 1. The number of carbonyl (C=O) groups excluding carboxylic acids is 1. The standard InChI is InChI=1S/C14H12N2O3/c1-8-4-3-5-10(6-8)13-15-7-11(9(2)17)12(16-13)14(18)19/h3-7H,1-2H3,(H,18,19). The van der Waals surface area contributed by atoms with Crippen molar-refractivity contribution in [2.24, 2.45) is 0 Å². The molecule has 19 heavy (non-hydrogen) atoms. The van der Waals surface area contributed by atoms with E-state index in [1.807, 2.05) is 25.1 Å². The zero-order valence-corrected chi connectivity index (χ0v) is 10.5. The molecule has 0 atom stereocenters. The lowest BCUT2D eigenvalue weighted by atomic mass is 10.1. The number of benzene rings is 1. The molecule has 0 aliphatic carbocycles. The maximum atomic E-state index is 11.3. The predicted octanol–water partition coefficient (Wildman–Crippen LogP) is 2.35. The van der Waals surface area contributed by atoms with Gasteiger partial charge in [-0.2, -0.15) is 0 Å². The van der Waals surface area contributed by atoms with Gasteiger partial charge in [0.1, 0.15) is 0 Å². The molecule has 5 nitrogen and oxygen atoms in total. The number of carboxylic acid groups (broad SMARTS) is 1. The van der Waals surface area contributed by atoms with Gasteiger partial charge in [0.15, 0.2) is 17.3 Å². The first-order chi connectivity index (χ1) is 8.99. The van der Waals surface area contributed by atoms with Gasteiger partial charge < -0.3 is 5.11 Å². The summed E-state index contributed by atoms with van der Waals surface area (Å²) < 4.78 is 0. The Morgan fingerprint density at radius 2 is 2.00 bits per heavy atom. The van der Waals surface area contributed by atoms with Crippen LogP contribution in [0.3, 0.4) is 0 Å². The largest absolute Gasteiger partial charge is 0.476 e. The maximum Gasteiger partial charge on any atom is 0.355 e. The first kappa shape index (κ1) is 12.9. The van der Waals surface area contributed by atoms with E-state index in [2.05, 4.69) is 9.97 Å². The van der Waals surface area contributed by atoms with E-state index in [4.69, 9.17) is 5.11 Å². The average molecular weight is 256 g/mol. The minimum Gasteiger partial charge on any atom is -0.476 e. The molecule has 1 aromatic carbocycles. The fourth-order valence-electron chi connectivity index (χ4n) is 1.73. The zero-order chi connectivity index (χ0) is 14.0. The molecular formula is C14H12N2O3. The molecule has 0 amide bonds. The third-order valence-electron chi connectivity index (χ3n) is 2.65. The summed E-state index contributed by atoms with van der Waals surface area (Å²) in [7, 11) is 0. The molecule has 0 fully saturated rings. The molecule has 0 saturated carbocycles. The van der Waals surface area contributed by atoms with Crippen LogP contribution in [0.15, 0.2) is 30.5 Å². The van der Waals surface area contributed by atoms with Crippen LogP contribution in [0, 0.1) is 6.92 Å². The average Bonchev–Trinajstić information content (AvgIpc) is 2.37. The molecular weight excluding hydrogens is 244 g/mol. The van der Waals surface area contributed by atoms with Crippen LogP contribution >= 0.6 is 0 Å². The first-order valence-electron chi connectivity index (χ1n) is 5.67. The number of aromatic carboxylic acids is 1. The van der Waals surface area contributed by atoms with Crippen molar-refractivity contribution in [1.29, 1.82) is 0 Å².